The Morgan fingerprint density at radius 1 is 1.09 bits per heavy atom. The van der Waals surface area contributed by atoms with Gasteiger partial charge in [-0.3, -0.25) is 15.0 Å². The van der Waals surface area contributed by atoms with Crippen molar-refractivity contribution in [3.8, 4) is 5.75 Å². The Kier molecular flexibility index (Phi) is 3.14. The minimum atomic E-state index is -0.532. The summed E-state index contributed by atoms with van der Waals surface area (Å²) in [6, 6.07) is 11.4. The summed E-state index contributed by atoms with van der Waals surface area (Å²) < 4.78 is 5.18. The Labute approximate surface area is 128 Å². The number of nitrogens with one attached hydrogen (secondary N) is 1. The van der Waals surface area contributed by atoms with Crippen LogP contribution in [-0.2, 0) is 0 Å². The fraction of sp³-hybridized carbons (Fsp3) is 0.0625. The molecule has 3 rings (SSSR count). The average Bonchev–Trinajstić information content (AvgIpc) is 2.78. The second kappa shape index (κ2) is 5.00. The Morgan fingerprint density at radius 3 is 2.23 bits per heavy atom. The number of carbonyl (C=O) groups excluding carboxylic acids is 2. The molecule has 0 fully saturated rings. The molecule has 112 valence electrons. The molecule has 0 unspecified atom stereocenters. The number of nitrogen functional groups attached to an aromatic ring is 1. The van der Waals surface area contributed by atoms with Crippen LogP contribution >= 0.6 is 0 Å². The molecule has 1 heterocycles. The van der Waals surface area contributed by atoms with Crippen molar-refractivity contribution in [3.05, 3.63) is 59.2 Å². The fourth-order valence-electron chi connectivity index (χ4n) is 2.48. The van der Waals surface area contributed by atoms with Crippen LogP contribution in [0, 0.1) is 5.41 Å². The van der Waals surface area contributed by atoms with E-state index in [4.69, 9.17) is 15.9 Å². The monoisotopic (exact) mass is 297 g/mol. The van der Waals surface area contributed by atoms with Gasteiger partial charge in [0.1, 0.15) is 11.6 Å². The molecule has 0 radical (unpaired) electrons. The van der Waals surface area contributed by atoms with Gasteiger partial charge in [0, 0.05) is 7.11 Å². The maximum absolute atomic E-state index is 12.4. The van der Waals surface area contributed by atoms with Crippen LogP contribution < -0.4 is 10.5 Å². The number of ether oxygens (including phenoxy) is 1. The van der Waals surface area contributed by atoms with Crippen LogP contribution in [0.5, 0.6) is 5.75 Å². The fourth-order valence-corrected chi connectivity index (χ4v) is 2.48. The molecule has 1 aliphatic rings. The minimum Gasteiger partial charge on any atom is -0.496 e. The number of nitrogens with zero attached hydrogens (tertiary/aromatic N) is 1. The molecule has 0 spiro atoms. The standard InChI is InChI=1S/C16H13N3O3.H2/c1-22-12-8-4-7-11(17)13(12)14(18)19-15(20)9-5-2-3-6-10(9)16(19)21;/h2-8,18H,17H2,1H3;1H. The predicted octanol–water partition coefficient (Wildman–Crippen LogP) is 2.14. The first-order chi connectivity index (χ1) is 10.6. The van der Waals surface area contributed by atoms with Crippen LogP contribution in [0.25, 0.3) is 0 Å². The van der Waals surface area contributed by atoms with E-state index in [9.17, 15) is 9.59 Å². The molecule has 0 bridgehead atoms. The largest absolute Gasteiger partial charge is 0.496 e. The van der Waals surface area contributed by atoms with Crippen molar-refractivity contribution in [1.29, 1.82) is 5.41 Å². The second-order valence-electron chi connectivity index (χ2n) is 4.76. The highest BCUT2D eigenvalue weighted by molar-refractivity contribution is 6.32. The lowest BCUT2D eigenvalue weighted by molar-refractivity contribution is 0.0748. The molecule has 0 aromatic heterocycles. The van der Waals surface area contributed by atoms with Crippen molar-refractivity contribution in [2.75, 3.05) is 12.8 Å². The minimum absolute atomic E-state index is 0. The predicted molar refractivity (Wildman–Crippen MR) is 83.3 cm³/mol. The molecule has 2 amide bonds. The SMILES string of the molecule is COc1cccc(N)c1C(=N)N1C(=O)c2ccccc2C1=O.[HH]. The second-order valence-corrected chi connectivity index (χ2v) is 4.76. The maximum Gasteiger partial charge on any atom is 0.267 e. The zero-order valence-electron chi connectivity index (χ0n) is 11.8. The number of carbonyl (C=O) groups is 2. The Morgan fingerprint density at radius 2 is 1.68 bits per heavy atom. The molecule has 2 aromatic carbocycles. The Hall–Kier alpha value is -3.15. The van der Waals surface area contributed by atoms with Crippen molar-refractivity contribution >= 4 is 23.3 Å². The van der Waals surface area contributed by atoms with Gasteiger partial charge in [-0.15, -0.1) is 0 Å². The van der Waals surface area contributed by atoms with Crippen LogP contribution in [0.1, 0.15) is 27.7 Å². The number of imide groups is 1. The Bertz CT molecular complexity index is 785. The summed E-state index contributed by atoms with van der Waals surface area (Å²) in [5, 5.41) is 8.27. The van der Waals surface area contributed by atoms with Crippen molar-refractivity contribution < 1.29 is 15.8 Å². The van der Waals surface area contributed by atoms with Crippen LogP contribution in [0.15, 0.2) is 42.5 Å². The third-order valence-electron chi connectivity index (χ3n) is 3.53. The first kappa shape index (κ1) is 13.8. The van der Waals surface area contributed by atoms with Crippen molar-refractivity contribution in [3.63, 3.8) is 0 Å². The van der Waals surface area contributed by atoms with E-state index in [0.717, 1.165) is 4.90 Å². The van der Waals surface area contributed by atoms with Gasteiger partial charge in [-0.25, -0.2) is 4.90 Å². The number of fused-ring (bicyclic) bond motifs is 1. The number of hydrogen-bond acceptors (Lipinski definition) is 5. The van der Waals surface area contributed by atoms with Gasteiger partial charge in [-0.05, 0) is 24.3 Å². The van der Waals surface area contributed by atoms with Crippen molar-refractivity contribution in [1.82, 2.24) is 4.90 Å². The number of nitrogens with two attached hydrogens (primary N) is 1. The van der Waals surface area contributed by atoms with E-state index in [1.165, 1.54) is 7.11 Å². The number of benzene rings is 2. The van der Waals surface area contributed by atoms with Gasteiger partial charge in [-0.2, -0.15) is 0 Å². The molecule has 2 aromatic rings. The molecule has 3 N–H and O–H groups in total. The van der Waals surface area contributed by atoms with Crippen LogP contribution in [-0.4, -0.2) is 29.7 Å². The number of anilines is 1. The molecule has 1 aliphatic heterocycles. The molecule has 6 nitrogen and oxygen atoms in total. The molecule has 0 saturated heterocycles. The topological polar surface area (TPSA) is 96.5 Å². The first-order valence-corrected chi connectivity index (χ1v) is 6.55. The van der Waals surface area contributed by atoms with Crippen LogP contribution in [0.3, 0.4) is 0 Å². The highest BCUT2D eigenvalue weighted by Crippen LogP contribution is 2.30. The van der Waals surface area contributed by atoms with E-state index in [1.807, 2.05) is 0 Å². The normalized spacial score (nSPS) is 13.2. The highest BCUT2D eigenvalue weighted by Gasteiger charge is 2.39. The van der Waals surface area contributed by atoms with Gasteiger partial charge in [-0.1, -0.05) is 18.2 Å². The number of amidine groups is 1. The summed E-state index contributed by atoms with van der Waals surface area (Å²) >= 11 is 0. The van der Waals surface area contributed by atoms with Gasteiger partial charge < -0.3 is 10.5 Å². The summed E-state index contributed by atoms with van der Waals surface area (Å²) in [5.74, 6) is -1.02. The van der Waals surface area contributed by atoms with E-state index in [-0.39, 0.29) is 29.6 Å². The van der Waals surface area contributed by atoms with E-state index in [0.29, 0.717) is 5.75 Å². The van der Waals surface area contributed by atoms with Crippen LogP contribution in [0.4, 0.5) is 5.69 Å². The first-order valence-electron chi connectivity index (χ1n) is 6.55. The number of hydrogen-bond donors (Lipinski definition) is 2. The van der Waals surface area contributed by atoms with E-state index >= 15 is 0 Å². The average molecular weight is 297 g/mol. The van der Waals surface area contributed by atoms with Gasteiger partial charge in [0.2, 0.25) is 0 Å². The highest BCUT2D eigenvalue weighted by atomic mass is 16.5. The zero-order chi connectivity index (χ0) is 15.9. The van der Waals surface area contributed by atoms with Gasteiger partial charge in [0.15, 0.2) is 0 Å². The van der Waals surface area contributed by atoms with E-state index in [1.54, 1.807) is 42.5 Å². The zero-order valence-corrected chi connectivity index (χ0v) is 11.8. The summed E-state index contributed by atoms with van der Waals surface area (Å²) in [6.07, 6.45) is 0. The van der Waals surface area contributed by atoms with Crippen molar-refractivity contribution in [2.24, 2.45) is 0 Å². The van der Waals surface area contributed by atoms with Crippen molar-refractivity contribution in [2.45, 2.75) is 0 Å². The quantitative estimate of drug-likeness (QED) is 0.384. The van der Waals surface area contributed by atoms with Gasteiger partial charge >= 0.3 is 0 Å². The summed E-state index contributed by atoms with van der Waals surface area (Å²) in [6.45, 7) is 0. The molecular formula is C16H15N3O3. The molecule has 6 heteroatoms. The lowest BCUT2D eigenvalue weighted by Gasteiger charge is -2.18. The summed E-state index contributed by atoms with van der Waals surface area (Å²) in [4.78, 5) is 25.6. The molecule has 22 heavy (non-hydrogen) atoms. The van der Waals surface area contributed by atoms with E-state index in [2.05, 4.69) is 0 Å². The third kappa shape index (κ3) is 1.85. The lowest BCUT2D eigenvalue weighted by atomic mass is 10.1. The van der Waals surface area contributed by atoms with E-state index < -0.39 is 11.8 Å². The lowest BCUT2D eigenvalue weighted by Crippen LogP contribution is -2.36. The smallest absolute Gasteiger partial charge is 0.267 e. The number of amides is 2. The molecule has 0 aliphatic carbocycles. The number of methoxy groups -OCH3 is 1. The van der Waals surface area contributed by atoms with Gasteiger partial charge in [0.25, 0.3) is 11.8 Å². The van der Waals surface area contributed by atoms with Crippen LogP contribution in [0.2, 0.25) is 0 Å². The molecule has 0 atom stereocenters. The Balaban J connectivity index is 0.00000192. The summed E-state index contributed by atoms with van der Waals surface area (Å²) in [5.41, 5.74) is 6.94. The number of rotatable bonds is 2. The molecule has 0 saturated carbocycles. The summed E-state index contributed by atoms with van der Waals surface area (Å²) in [7, 11) is 1.44. The maximum atomic E-state index is 12.4. The van der Waals surface area contributed by atoms with Gasteiger partial charge in [0.05, 0.1) is 23.8 Å². The third-order valence-corrected chi connectivity index (χ3v) is 3.53. The molecular weight excluding hydrogens is 282 g/mol.